The molecule has 1 saturated heterocycles. The molecule has 9 heteroatoms. The number of hydrogen-bond donors (Lipinski definition) is 6. The zero-order valence-corrected chi connectivity index (χ0v) is 44.2. The molecule has 1 aliphatic rings. The first kappa shape index (κ1) is 64.9. The molecule has 70 heavy (non-hydrogen) atoms. The third kappa shape index (κ3) is 38.5. The lowest BCUT2D eigenvalue weighted by molar-refractivity contribution is -0.302. The van der Waals surface area contributed by atoms with E-state index < -0.39 is 49.5 Å². The molecule has 1 fully saturated rings. The van der Waals surface area contributed by atoms with E-state index in [1.165, 1.54) is 96.3 Å². The quantitative estimate of drug-likeness (QED) is 0.0261. The summed E-state index contributed by atoms with van der Waals surface area (Å²) in [5, 5.41) is 54.6. The van der Waals surface area contributed by atoms with E-state index in [9.17, 15) is 30.3 Å². The molecular formula is C61H103NO8. The standard InChI is InChI=1S/C61H103NO8/c1-3-5-7-9-11-13-15-17-19-21-23-24-25-26-27-28-29-30-31-32-33-35-37-39-41-43-45-47-49-51-57(65)62-54(53-69-61-60(68)59(67)58(66)56(52-63)70-61)55(64)50-48-46-44-42-40-38-36-34-22-20-18-16-14-12-10-8-6-4-2/h5,7,11,13,17,19,23-24,26-27,29-30,32-33,37,39,43,45,54-56,58-61,63-64,66-68H,3-4,6,8-10,12,14-16,18,20-22,25,28,31,34-36,38,40-42,44,46-53H2,1-2H3,(H,62,65)/b7-5-,13-11-,19-17-,24-23-,27-26-,30-29-,33-32-,39-37-,45-43-. The Morgan fingerprint density at radius 2 is 0.871 bits per heavy atom. The lowest BCUT2D eigenvalue weighted by atomic mass is 9.99. The molecule has 6 N–H and O–H groups in total. The van der Waals surface area contributed by atoms with Gasteiger partial charge in [0.1, 0.15) is 24.4 Å². The monoisotopic (exact) mass is 978 g/mol. The van der Waals surface area contributed by atoms with Crippen molar-refractivity contribution < 1.29 is 39.8 Å². The van der Waals surface area contributed by atoms with Crippen molar-refractivity contribution in [1.82, 2.24) is 5.32 Å². The molecule has 1 aliphatic heterocycles. The maximum Gasteiger partial charge on any atom is 0.220 e. The van der Waals surface area contributed by atoms with E-state index in [1.54, 1.807) is 0 Å². The Balaban J connectivity index is 2.30. The van der Waals surface area contributed by atoms with Crippen molar-refractivity contribution in [2.75, 3.05) is 13.2 Å². The van der Waals surface area contributed by atoms with Gasteiger partial charge in [-0.2, -0.15) is 0 Å². The molecule has 0 aromatic heterocycles. The first-order valence-corrected chi connectivity index (χ1v) is 28.1. The Kier molecular flexibility index (Phi) is 45.8. The minimum absolute atomic E-state index is 0.168. The minimum atomic E-state index is -1.57. The van der Waals surface area contributed by atoms with Crippen molar-refractivity contribution in [3.8, 4) is 0 Å². The number of rotatable bonds is 46. The highest BCUT2D eigenvalue weighted by Gasteiger charge is 2.44. The van der Waals surface area contributed by atoms with Crippen LogP contribution >= 0.6 is 0 Å². The van der Waals surface area contributed by atoms with Crippen molar-refractivity contribution >= 4 is 5.91 Å². The van der Waals surface area contributed by atoms with Crippen LogP contribution in [-0.2, 0) is 14.3 Å². The number of unbranched alkanes of at least 4 members (excludes halogenated alkanes) is 18. The second-order valence-electron chi connectivity index (χ2n) is 19.0. The summed E-state index contributed by atoms with van der Waals surface area (Å²) in [5.74, 6) is -0.205. The molecule has 1 rings (SSSR count). The fourth-order valence-electron chi connectivity index (χ4n) is 8.22. The summed E-state index contributed by atoms with van der Waals surface area (Å²) in [7, 11) is 0. The van der Waals surface area contributed by atoms with Crippen molar-refractivity contribution in [3.05, 3.63) is 109 Å². The highest BCUT2D eigenvalue weighted by atomic mass is 16.7. The third-order valence-corrected chi connectivity index (χ3v) is 12.6. The smallest absolute Gasteiger partial charge is 0.220 e. The molecule has 400 valence electrons. The molecule has 0 aromatic rings. The van der Waals surface area contributed by atoms with E-state index >= 15 is 0 Å². The van der Waals surface area contributed by atoms with Crippen LogP contribution in [0.2, 0.25) is 0 Å². The van der Waals surface area contributed by atoms with E-state index in [0.29, 0.717) is 12.8 Å². The number of carbonyl (C=O) groups excluding carboxylic acids is 1. The molecule has 7 atom stereocenters. The minimum Gasteiger partial charge on any atom is -0.394 e. The molecule has 1 amide bonds. The molecule has 7 unspecified atom stereocenters. The largest absolute Gasteiger partial charge is 0.394 e. The Morgan fingerprint density at radius 1 is 0.500 bits per heavy atom. The van der Waals surface area contributed by atoms with Gasteiger partial charge in [-0.05, 0) is 77.0 Å². The Bertz CT molecular complexity index is 1460. The van der Waals surface area contributed by atoms with Gasteiger partial charge in [-0.3, -0.25) is 4.79 Å². The van der Waals surface area contributed by atoms with Gasteiger partial charge in [-0.15, -0.1) is 0 Å². The van der Waals surface area contributed by atoms with Gasteiger partial charge in [0.2, 0.25) is 5.91 Å². The summed E-state index contributed by atoms with van der Waals surface area (Å²) in [5.41, 5.74) is 0. The number of ether oxygens (including phenoxy) is 2. The van der Waals surface area contributed by atoms with Crippen molar-refractivity contribution in [1.29, 1.82) is 0 Å². The zero-order chi connectivity index (χ0) is 50.8. The van der Waals surface area contributed by atoms with E-state index in [4.69, 9.17) is 9.47 Å². The van der Waals surface area contributed by atoms with Gasteiger partial charge in [0.25, 0.3) is 0 Å². The van der Waals surface area contributed by atoms with Gasteiger partial charge < -0.3 is 40.3 Å². The van der Waals surface area contributed by atoms with Crippen molar-refractivity contribution in [2.45, 2.75) is 256 Å². The highest BCUT2D eigenvalue weighted by molar-refractivity contribution is 5.76. The molecule has 9 nitrogen and oxygen atoms in total. The van der Waals surface area contributed by atoms with E-state index in [-0.39, 0.29) is 18.9 Å². The number of nitrogens with one attached hydrogen (secondary N) is 1. The maximum atomic E-state index is 13.0. The normalized spacial score (nSPS) is 20.2. The molecule has 0 aliphatic carbocycles. The van der Waals surface area contributed by atoms with Crippen LogP contribution in [0.15, 0.2) is 109 Å². The van der Waals surface area contributed by atoms with Crippen LogP contribution < -0.4 is 5.32 Å². The summed E-state index contributed by atoms with van der Waals surface area (Å²) in [4.78, 5) is 13.0. The molecule has 0 spiro atoms. The summed E-state index contributed by atoms with van der Waals surface area (Å²) in [6, 6.07) is -0.758. The van der Waals surface area contributed by atoms with Crippen LogP contribution in [0, 0.1) is 0 Å². The topological polar surface area (TPSA) is 149 Å². The van der Waals surface area contributed by atoms with Gasteiger partial charge in [0.15, 0.2) is 6.29 Å². The molecule has 1 heterocycles. The average Bonchev–Trinajstić information content (AvgIpc) is 3.36. The average molecular weight is 978 g/mol. The molecule has 0 radical (unpaired) electrons. The first-order chi connectivity index (χ1) is 34.3. The predicted molar refractivity (Wildman–Crippen MR) is 294 cm³/mol. The zero-order valence-electron chi connectivity index (χ0n) is 44.2. The SMILES string of the molecule is CC/C=C\C/C=C\C/C=C\C/C=C\C/C=C\C/C=C\C/C=C\C/C=C\C/C=C\CCCC(=O)NC(COC1OC(CO)C(O)C(O)C1O)C(O)CCCCCCCCCCCCCCCCCCCC. The summed E-state index contributed by atoms with van der Waals surface area (Å²) >= 11 is 0. The number of allylic oxidation sites excluding steroid dienone is 18. The van der Waals surface area contributed by atoms with Gasteiger partial charge in [0.05, 0.1) is 25.4 Å². The first-order valence-electron chi connectivity index (χ1n) is 28.1. The van der Waals surface area contributed by atoms with Gasteiger partial charge in [-0.25, -0.2) is 0 Å². The van der Waals surface area contributed by atoms with Crippen LogP contribution in [0.5, 0.6) is 0 Å². The van der Waals surface area contributed by atoms with E-state index in [1.807, 2.05) is 0 Å². The summed E-state index contributed by atoms with van der Waals surface area (Å²) in [6.45, 7) is 3.69. The van der Waals surface area contributed by atoms with E-state index in [0.717, 1.165) is 83.5 Å². The van der Waals surface area contributed by atoms with Gasteiger partial charge in [0, 0.05) is 6.42 Å². The Hall–Kier alpha value is -3.15. The van der Waals surface area contributed by atoms with Crippen molar-refractivity contribution in [2.24, 2.45) is 0 Å². The Labute approximate surface area is 427 Å². The van der Waals surface area contributed by atoms with Crippen molar-refractivity contribution in [3.63, 3.8) is 0 Å². The second-order valence-corrected chi connectivity index (χ2v) is 19.0. The second kappa shape index (κ2) is 49.4. The summed E-state index contributed by atoms with van der Waals surface area (Å²) < 4.78 is 11.3. The Morgan fingerprint density at radius 3 is 1.26 bits per heavy atom. The van der Waals surface area contributed by atoms with Gasteiger partial charge >= 0.3 is 0 Å². The number of hydrogen-bond acceptors (Lipinski definition) is 8. The maximum absolute atomic E-state index is 13.0. The van der Waals surface area contributed by atoms with Crippen LogP contribution in [0.4, 0.5) is 0 Å². The van der Waals surface area contributed by atoms with Crippen LogP contribution in [0.3, 0.4) is 0 Å². The number of amides is 1. The molecular weight excluding hydrogens is 875 g/mol. The number of aliphatic hydroxyl groups is 5. The lowest BCUT2D eigenvalue weighted by Gasteiger charge is -2.40. The number of aliphatic hydroxyl groups excluding tert-OH is 5. The lowest BCUT2D eigenvalue weighted by Crippen LogP contribution is -2.60. The number of carbonyl (C=O) groups is 1. The van der Waals surface area contributed by atoms with Crippen LogP contribution in [0.25, 0.3) is 0 Å². The molecule has 0 saturated carbocycles. The van der Waals surface area contributed by atoms with Crippen LogP contribution in [0.1, 0.15) is 213 Å². The fraction of sp³-hybridized carbons (Fsp3) is 0.689. The molecule has 0 bridgehead atoms. The fourth-order valence-corrected chi connectivity index (χ4v) is 8.22. The summed E-state index contributed by atoms with van der Waals surface area (Å²) in [6.07, 6.45) is 65.4. The van der Waals surface area contributed by atoms with Gasteiger partial charge in [-0.1, -0.05) is 239 Å². The third-order valence-electron chi connectivity index (χ3n) is 12.6. The molecule has 0 aromatic carbocycles. The van der Waals surface area contributed by atoms with E-state index in [2.05, 4.69) is 129 Å². The predicted octanol–water partition coefficient (Wildman–Crippen LogP) is 13.8. The van der Waals surface area contributed by atoms with Crippen LogP contribution in [-0.4, -0.2) is 87.5 Å². The highest BCUT2D eigenvalue weighted by Crippen LogP contribution is 2.23.